The zero-order valence-electron chi connectivity index (χ0n) is 27.7. The standard InChI is InChI=1S/C39H56O3/c1-34(2)23-24-36(5)19-15-29-38(7)20-16-28-35(3,4)32(42-33(41)14-11-26-9-12-27(40)13-10-26)18-22-37(28,6)30(38)17-21-39(29,8)31(36)25-34/h9-15,28,30-32,40H,16-25H2,1-8H3/t28-,30+,31+,32-,36-,37-,38-,39+/m0/s1. The third kappa shape index (κ3) is 4.54. The Kier molecular flexibility index (Phi) is 6.96. The van der Waals surface area contributed by atoms with Crippen LogP contribution in [-0.4, -0.2) is 17.2 Å². The van der Waals surface area contributed by atoms with Crippen molar-refractivity contribution in [3.63, 3.8) is 0 Å². The van der Waals surface area contributed by atoms with Crippen molar-refractivity contribution in [1.29, 1.82) is 0 Å². The molecule has 5 aliphatic rings. The Labute approximate surface area is 255 Å². The fourth-order valence-electron chi connectivity index (χ4n) is 12.0. The molecule has 5 aliphatic carbocycles. The zero-order valence-corrected chi connectivity index (χ0v) is 27.7. The highest BCUT2D eigenvalue weighted by Crippen LogP contribution is 2.75. The summed E-state index contributed by atoms with van der Waals surface area (Å²) in [7, 11) is 0. The van der Waals surface area contributed by atoms with Gasteiger partial charge in [0.15, 0.2) is 0 Å². The second kappa shape index (κ2) is 9.73. The van der Waals surface area contributed by atoms with Crippen LogP contribution >= 0.6 is 0 Å². The summed E-state index contributed by atoms with van der Waals surface area (Å²) < 4.78 is 6.21. The average Bonchev–Trinajstić information content (AvgIpc) is 2.90. The Morgan fingerprint density at radius 2 is 1.45 bits per heavy atom. The number of aromatic hydroxyl groups is 1. The van der Waals surface area contributed by atoms with E-state index in [2.05, 4.69) is 61.5 Å². The van der Waals surface area contributed by atoms with Gasteiger partial charge in [0.05, 0.1) is 0 Å². The first kappa shape index (κ1) is 30.0. The summed E-state index contributed by atoms with van der Waals surface area (Å²) in [5.74, 6) is 1.99. The molecule has 1 aromatic rings. The van der Waals surface area contributed by atoms with E-state index in [0.29, 0.717) is 28.1 Å². The van der Waals surface area contributed by atoms with Gasteiger partial charge in [-0.25, -0.2) is 4.79 Å². The van der Waals surface area contributed by atoms with Crippen LogP contribution in [0.1, 0.15) is 125 Å². The van der Waals surface area contributed by atoms with Crippen LogP contribution in [0.4, 0.5) is 0 Å². The molecule has 0 unspecified atom stereocenters. The van der Waals surface area contributed by atoms with Crippen LogP contribution in [0.3, 0.4) is 0 Å². The molecule has 1 aromatic carbocycles. The van der Waals surface area contributed by atoms with Gasteiger partial charge in [-0.15, -0.1) is 0 Å². The number of rotatable bonds is 3. The van der Waals surface area contributed by atoms with Gasteiger partial charge in [-0.1, -0.05) is 79.2 Å². The highest BCUT2D eigenvalue weighted by Gasteiger charge is 2.67. The van der Waals surface area contributed by atoms with Crippen LogP contribution in [0.15, 0.2) is 42.0 Å². The summed E-state index contributed by atoms with van der Waals surface area (Å²) in [6.07, 6.45) is 18.6. The molecule has 3 heteroatoms. The van der Waals surface area contributed by atoms with Crippen molar-refractivity contribution in [3.8, 4) is 5.75 Å². The van der Waals surface area contributed by atoms with Crippen LogP contribution in [0, 0.1) is 50.2 Å². The number of phenolic OH excluding ortho intramolecular Hbond substituents is 1. The van der Waals surface area contributed by atoms with Gasteiger partial charge in [0, 0.05) is 11.5 Å². The molecule has 4 saturated carbocycles. The lowest BCUT2D eigenvalue weighted by Crippen LogP contribution is -2.63. The lowest BCUT2D eigenvalue weighted by molar-refractivity contribution is -0.197. The summed E-state index contributed by atoms with van der Waals surface area (Å²) in [5, 5.41) is 9.54. The van der Waals surface area contributed by atoms with Gasteiger partial charge in [-0.2, -0.15) is 0 Å². The molecule has 8 atom stereocenters. The third-order valence-corrected chi connectivity index (χ3v) is 14.2. The second-order valence-corrected chi connectivity index (χ2v) is 17.6. The number of hydrogen-bond donors (Lipinski definition) is 1. The van der Waals surface area contributed by atoms with E-state index >= 15 is 0 Å². The number of ether oxygens (including phenoxy) is 1. The van der Waals surface area contributed by atoms with Crippen molar-refractivity contribution < 1.29 is 14.6 Å². The summed E-state index contributed by atoms with van der Waals surface area (Å²) in [4.78, 5) is 13.0. The van der Waals surface area contributed by atoms with Crippen LogP contribution in [0.5, 0.6) is 5.75 Å². The molecule has 0 aliphatic heterocycles. The van der Waals surface area contributed by atoms with Crippen molar-refractivity contribution >= 4 is 12.0 Å². The first-order chi connectivity index (χ1) is 19.5. The van der Waals surface area contributed by atoms with E-state index in [1.807, 2.05) is 5.57 Å². The van der Waals surface area contributed by atoms with E-state index in [0.717, 1.165) is 24.3 Å². The van der Waals surface area contributed by atoms with Gasteiger partial charge >= 0.3 is 5.97 Å². The minimum atomic E-state index is -0.260. The van der Waals surface area contributed by atoms with Gasteiger partial charge in [0.2, 0.25) is 0 Å². The molecular formula is C39H56O3. The molecule has 230 valence electrons. The van der Waals surface area contributed by atoms with Crippen LogP contribution in [-0.2, 0) is 9.53 Å². The number of carbonyl (C=O) groups excluding carboxylic acids is 1. The third-order valence-electron chi connectivity index (χ3n) is 14.2. The van der Waals surface area contributed by atoms with Crippen molar-refractivity contribution in [2.45, 2.75) is 126 Å². The van der Waals surface area contributed by atoms with Crippen LogP contribution in [0.2, 0.25) is 0 Å². The Bertz CT molecular complexity index is 1280. The molecule has 42 heavy (non-hydrogen) atoms. The molecule has 0 bridgehead atoms. The monoisotopic (exact) mass is 572 g/mol. The van der Waals surface area contributed by atoms with Gasteiger partial charge in [0.1, 0.15) is 11.9 Å². The molecule has 0 saturated heterocycles. The largest absolute Gasteiger partial charge is 0.508 e. The predicted molar refractivity (Wildman–Crippen MR) is 172 cm³/mol. The Morgan fingerprint density at radius 3 is 2.14 bits per heavy atom. The van der Waals surface area contributed by atoms with E-state index in [1.165, 1.54) is 51.4 Å². The van der Waals surface area contributed by atoms with Crippen molar-refractivity contribution in [1.82, 2.24) is 0 Å². The second-order valence-electron chi connectivity index (χ2n) is 17.6. The summed E-state index contributed by atoms with van der Waals surface area (Å²) in [5.41, 5.74) is 4.41. The van der Waals surface area contributed by atoms with Gasteiger partial charge < -0.3 is 9.84 Å². The molecule has 3 nitrogen and oxygen atoms in total. The quantitative estimate of drug-likeness (QED) is 0.223. The zero-order chi connectivity index (χ0) is 30.3. The Morgan fingerprint density at radius 1 is 0.810 bits per heavy atom. The number of hydrogen-bond acceptors (Lipinski definition) is 3. The maximum Gasteiger partial charge on any atom is 0.331 e. The lowest BCUT2D eigenvalue weighted by Gasteiger charge is -2.70. The first-order valence-electron chi connectivity index (χ1n) is 16.9. The number of esters is 1. The molecule has 0 radical (unpaired) electrons. The van der Waals surface area contributed by atoms with Crippen molar-refractivity contribution in [2.75, 3.05) is 0 Å². The summed E-state index contributed by atoms with van der Waals surface area (Å²) >= 11 is 0. The van der Waals surface area contributed by atoms with E-state index in [1.54, 1.807) is 36.4 Å². The molecule has 4 fully saturated rings. The maximum absolute atomic E-state index is 13.0. The SMILES string of the molecule is CC1(C)CC[C@]2(C)CC=C3[C@]4(C)CC[C@H]5C(C)(C)[C@@H](OC(=O)C=Cc6ccc(O)cc6)CC[C@]5(C)[C@H]4CC[C@@]3(C)[C@@H]2C1. The number of carbonyl (C=O) groups is 1. The van der Waals surface area contributed by atoms with Crippen molar-refractivity contribution in [3.05, 3.63) is 47.6 Å². The smallest absolute Gasteiger partial charge is 0.331 e. The number of phenols is 1. The number of fused-ring (bicyclic) bond motifs is 7. The molecule has 0 amide bonds. The molecule has 6 rings (SSSR count). The Hall–Kier alpha value is -2.03. The first-order valence-corrected chi connectivity index (χ1v) is 16.9. The fraction of sp³-hybridized carbons (Fsp3) is 0.718. The van der Waals surface area contributed by atoms with E-state index in [-0.39, 0.29) is 34.1 Å². The number of allylic oxidation sites excluding steroid dienone is 2. The molecule has 0 spiro atoms. The van der Waals surface area contributed by atoms with E-state index in [4.69, 9.17) is 4.74 Å². The van der Waals surface area contributed by atoms with Crippen LogP contribution < -0.4 is 0 Å². The molecular weight excluding hydrogens is 516 g/mol. The molecule has 0 heterocycles. The normalized spacial score (nSPS) is 43.8. The highest BCUT2D eigenvalue weighted by atomic mass is 16.5. The maximum atomic E-state index is 13.0. The number of benzene rings is 1. The summed E-state index contributed by atoms with van der Waals surface area (Å²) in [6, 6.07) is 6.89. The predicted octanol–water partition coefficient (Wildman–Crippen LogP) is 10.1. The van der Waals surface area contributed by atoms with Gasteiger partial charge in [-0.3, -0.25) is 0 Å². The fourth-order valence-corrected chi connectivity index (χ4v) is 12.0. The van der Waals surface area contributed by atoms with Gasteiger partial charge in [0.25, 0.3) is 0 Å². The molecule has 0 aromatic heterocycles. The highest BCUT2D eigenvalue weighted by molar-refractivity contribution is 5.87. The molecule has 1 N–H and O–H groups in total. The minimum Gasteiger partial charge on any atom is -0.508 e. The van der Waals surface area contributed by atoms with E-state index < -0.39 is 0 Å². The Balaban J connectivity index is 1.23. The topological polar surface area (TPSA) is 46.5 Å². The summed E-state index contributed by atoms with van der Waals surface area (Å²) in [6.45, 7) is 20.3. The van der Waals surface area contributed by atoms with Crippen LogP contribution in [0.25, 0.3) is 6.08 Å². The van der Waals surface area contributed by atoms with E-state index in [9.17, 15) is 9.90 Å². The lowest BCUT2D eigenvalue weighted by atomic mass is 9.34. The van der Waals surface area contributed by atoms with Gasteiger partial charge in [-0.05, 0) is 133 Å². The van der Waals surface area contributed by atoms with Crippen molar-refractivity contribution in [2.24, 2.45) is 50.2 Å². The minimum absolute atomic E-state index is 0.0650. The average molecular weight is 573 g/mol.